The molecule has 0 bridgehead atoms. The van der Waals surface area contributed by atoms with Crippen molar-refractivity contribution in [3.8, 4) is 0 Å². The number of nitrogens with zero attached hydrogens (tertiary/aromatic N) is 2. The van der Waals surface area contributed by atoms with Crippen LogP contribution in [0.5, 0.6) is 0 Å². The fourth-order valence-electron chi connectivity index (χ4n) is 2.62. The first kappa shape index (κ1) is 28.7. The molecule has 0 unspecified atom stereocenters. The minimum absolute atomic E-state index is 0.0795. The van der Waals surface area contributed by atoms with E-state index in [1.165, 1.54) is 6.07 Å². The first-order valence-electron chi connectivity index (χ1n) is 11.0. The molecule has 0 aliphatic heterocycles. The van der Waals surface area contributed by atoms with Gasteiger partial charge in [-0.3, -0.25) is 24.0 Å². The first-order chi connectivity index (χ1) is 17.7. The van der Waals surface area contributed by atoms with Crippen molar-refractivity contribution in [2.45, 2.75) is 13.8 Å². The lowest BCUT2D eigenvalue weighted by Crippen LogP contribution is -2.44. The Morgan fingerprint density at radius 1 is 0.946 bits per heavy atom. The number of anilines is 1. The molecule has 0 radical (unpaired) electrons. The van der Waals surface area contributed by atoms with Gasteiger partial charge >= 0.3 is 5.97 Å². The Morgan fingerprint density at radius 2 is 1.59 bits per heavy atom. The standard InChI is InChI=1S/C23H26ClN7O6/c1-3-37-20(34)13-26-18(32)11-25-19(33)12-27-22(36)16(30-21(35)15-7-5-4-6-8-15)10-28-23-29-14(2)9-17(24)31-23/h4-10H,3,11-13H2,1-2H3,(H,25,33)(H,26,32)(H,27,36)(H,30,35)(H,28,29,31)/b16-10+. The minimum Gasteiger partial charge on any atom is -0.465 e. The molecule has 0 saturated carbocycles. The van der Waals surface area contributed by atoms with Crippen LogP contribution in [0.4, 0.5) is 5.95 Å². The lowest BCUT2D eigenvalue weighted by atomic mass is 10.2. The van der Waals surface area contributed by atoms with E-state index in [0.717, 1.165) is 6.20 Å². The summed E-state index contributed by atoms with van der Waals surface area (Å²) in [4.78, 5) is 68.4. The summed E-state index contributed by atoms with van der Waals surface area (Å²) in [6.45, 7) is 2.24. The number of nitrogens with one attached hydrogen (secondary N) is 5. The average Bonchev–Trinajstić information content (AvgIpc) is 2.87. The summed E-state index contributed by atoms with van der Waals surface area (Å²) in [5, 5.41) is 12.2. The zero-order chi connectivity index (χ0) is 27.2. The number of amides is 4. The van der Waals surface area contributed by atoms with Gasteiger partial charge in [0.2, 0.25) is 17.8 Å². The predicted octanol–water partition coefficient (Wildman–Crippen LogP) is 0.0334. The Balaban J connectivity index is 1.98. The third kappa shape index (κ3) is 10.7. The first-order valence-corrected chi connectivity index (χ1v) is 11.4. The van der Waals surface area contributed by atoms with Crippen LogP contribution < -0.4 is 26.6 Å². The van der Waals surface area contributed by atoms with Crippen LogP contribution >= 0.6 is 11.6 Å². The van der Waals surface area contributed by atoms with Crippen LogP contribution in [-0.2, 0) is 23.9 Å². The number of carbonyl (C=O) groups excluding carboxylic acids is 5. The molecule has 2 rings (SSSR count). The Kier molecular flexibility index (Phi) is 11.5. The molecule has 0 saturated heterocycles. The van der Waals surface area contributed by atoms with Gasteiger partial charge in [-0.05, 0) is 32.0 Å². The molecule has 0 aliphatic rings. The van der Waals surface area contributed by atoms with Gasteiger partial charge in [-0.1, -0.05) is 29.8 Å². The second-order valence-corrected chi connectivity index (χ2v) is 7.61. The highest BCUT2D eigenvalue weighted by molar-refractivity contribution is 6.29. The van der Waals surface area contributed by atoms with Crippen LogP contribution in [-0.4, -0.2) is 65.8 Å². The maximum absolute atomic E-state index is 12.7. The maximum atomic E-state index is 12.7. The SMILES string of the molecule is CCOC(=O)CNC(=O)CNC(=O)CNC(=O)/C(=C\Nc1nc(C)cc(Cl)n1)NC(=O)c1ccccc1. The highest BCUT2D eigenvalue weighted by atomic mass is 35.5. The molecule has 0 aliphatic carbocycles. The second-order valence-electron chi connectivity index (χ2n) is 7.22. The molecule has 14 heteroatoms. The molecule has 4 amide bonds. The van der Waals surface area contributed by atoms with Crippen LogP contribution in [0.15, 0.2) is 48.3 Å². The van der Waals surface area contributed by atoms with Crippen molar-refractivity contribution >= 4 is 47.1 Å². The molecule has 196 valence electrons. The number of rotatable bonds is 12. The number of halogens is 1. The minimum atomic E-state index is -0.808. The molecule has 13 nitrogen and oxygen atoms in total. The number of aromatic nitrogens is 2. The number of benzene rings is 1. The van der Waals surface area contributed by atoms with Crippen LogP contribution in [0.2, 0.25) is 5.15 Å². The van der Waals surface area contributed by atoms with Gasteiger partial charge in [0.15, 0.2) is 0 Å². The van der Waals surface area contributed by atoms with Gasteiger partial charge in [-0.25, -0.2) is 9.97 Å². The summed E-state index contributed by atoms with van der Waals surface area (Å²) in [5.74, 6) is -3.22. The largest absolute Gasteiger partial charge is 0.465 e. The van der Waals surface area contributed by atoms with Crippen LogP contribution in [0.25, 0.3) is 0 Å². The molecule has 0 fully saturated rings. The Morgan fingerprint density at radius 3 is 2.24 bits per heavy atom. The van der Waals surface area contributed by atoms with E-state index in [4.69, 9.17) is 11.6 Å². The predicted molar refractivity (Wildman–Crippen MR) is 133 cm³/mol. The number of aryl methyl sites for hydroxylation is 1. The van der Waals surface area contributed by atoms with E-state index in [0.29, 0.717) is 11.3 Å². The number of hydrogen-bond donors (Lipinski definition) is 5. The van der Waals surface area contributed by atoms with Crippen molar-refractivity contribution in [3.63, 3.8) is 0 Å². The van der Waals surface area contributed by atoms with Crippen LogP contribution in [0.3, 0.4) is 0 Å². The molecule has 0 spiro atoms. The number of ether oxygens (including phenoxy) is 1. The Bertz CT molecular complexity index is 1150. The van der Waals surface area contributed by atoms with Gasteiger partial charge in [0.05, 0.1) is 19.7 Å². The second kappa shape index (κ2) is 14.8. The summed E-state index contributed by atoms with van der Waals surface area (Å²) < 4.78 is 4.68. The molecule has 1 heterocycles. The Labute approximate surface area is 217 Å². The number of hydrogen-bond acceptors (Lipinski definition) is 9. The monoisotopic (exact) mass is 531 g/mol. The summed E-state index contributed by atoms with van der Waals surface area (Å²) in [6, 6.07) is 9.70. The van der Waals surface area contributed by atoms with Crippen molar-refractivity contribution in [3.05, 3.63) is 64.7 Å². The van der Waals surface area contributed by atoms with E-state index in [2.05, 4.69) is 41.3 Å². The van der Waals surface area contributed by atoms with E-state index in [9.17, 15) is 24.0 Å². The summed E-state index contributed by atoms with van der Waals surface area (Å²) >= 11 is 5.92. The number of esters is 1. The zero-order valence-electron chi connectivity index (χ0n) is 20.1. The van der Waals surface area contributed by atoms with Crippen molar-refractivity contribution in [2.24, 2.45) is 0 Å². The Hall–Kier alpha value is -4.52. The third-order valence-electron chi connectivity index (χ3n) is 4.29. The van der Waals surface area contributed by atoms with E-state index in [1.54, 1.807) is 44.2 Å². The molecule has 37 heavy (non-hydrogen) atoms. The molecule has 0 atom stereocenters. The van der Waals surface area contributed by atoms with E-state index in [1.807, 2.05) is 0 Å². The smallest absolute Gasteiger partial charge is 0.325 e. The summed E-state index contributed by atoms with van der Waals surface area (Å²) in [7, 11) is 0. The van der Waals surface area contributed by atoms with Crippen molar-refractivity contribution in [2.75, 3.05) is 31.6 Å². The van der Waals surface area contributed by atoms with Crippen molar-refractivity contribution in [1.82, 2.24) is 31.2 Å². The third-order valence-corrected chi connectivity index (χ3v) is 4.48. The van der Waals surface area contributed by atoms with E-state index in [-0.39, 0.29) is 30.0 Å². The summed E-state index contributed by atoms with van der Waals surface area (Å²) in [6.07, 6.45) is 1.15. The molecular formula is C23H26ClN7O6. The zero-order valence-corrected chi connectivity index (χ0v) is 20.8. The topological polar surface area (TPSA) is 181 Å². The molecule has 5 N–H and O–H groups in total. The average molecular weight is 532 g/mol. The van der Waals surface area contributed by atoms with Crippen molar-refractivity contribution in [1.29, 1.82) is 0 Å². The lowest BCUT2D eigenvalue weighted by Gasteiger charge is -2.12. The fourth-order valence-corrected chi connectivity index (χ4v) is 2.85. The number of carbonyl (C=O) groups is 5. The van der Waals surface area contributed by atoms with Crippen molar-refractivity contribution < 1.29 is 28.7 Å². The van der Waals surface area contributed by atoms with Crippen LogP contribution in [0.1, 0.15) is 23.0 Å². The normalized spacial score (nSPS) is 10.6. The molecule has 1 aromatic heterocycles. The van der Waals surface area contributed by atoms with Gasteiger partial charge in [0.25, 0.3) is 11.8 Å². The maximum Gasteiger partial charge on any atom is 0.325 e. The lowest BCUT2D eigenvalue weighted by molar-refractivity contribution is -0.143. The van der Waals surface area contributed by atoms with Gasteiger partial charge in [-0.15, -0.1) is 0 Å². The highest BCUT2D eigenvalue weighted by Crippen LogP contribution is 2.10. The molecule has 1 aromatic carbocycles. The molecular weight excluding hydrogens is 506 g/mol. The molecule has 2 aromatic rings. The van der Waals surface area contributed by atoms with Gasteiger partial charge in [-0.2, -0.15) is 0 Å². The van der Waals surface area contributed by atoms with Gasteiger partial charge < -0.3 is 31.3 Å². The highest BCUT2D eigenvalue weighted by Gasteiger charge is 2.16. The quantitative estimate of drug-likeness (QED) is 0.143. The van der Waals surface area contributed by atoms with E-state index >= 15 is 0 Å². The fraction of sp³-hybridized carbons (Fsp3) is 0.261. The summed E-state index contributed by atoms with van der Waals surface area (Å²) in [5.41, 5.74) is 0.621. The van der Waals surface area contributed by atoms with Gasteiger partial charge in [0.1, 0.15) is 17.4 Å². The van der Waals surface area contributed by atoms with E-state index < -0.39 is 42.7 Å². The van der Waals surface area contributed by atoms with Gasteiger partial charge in [0, 0.05) is 17.5 Å². The van der Waals surface area contributed by atoms with Crippen LogP contribution in [0, 0.1) is 6.92 Å².